The summed E-state index contributed by atoms with van der Waals surface area (Å²) in [6, 6.07) is 5.15. The number of amides is 6. The number of anilines is 1. The molecule has 2 rings (SSSR count). The molecule has 0 saturated carbocycles. The van der Waals surface area contributed by atoms with Crippen LogP contribution in [0.15, 0.2) is 36.4 Å². The van der Waals surface area contributed by atoms with Crippen molar-refractivity contribution in [3.8, 4) is 0 Å². The molecule has 0 fully saturated rings. The van der Waals surface area contributed by atoms with Gasteiger partial charge in [0.05, 0.1) is 0 Å². The number of benzene rings is 1. The predicted octanol–water partition coefficient (Wildman–Crippen LogP) is 2.73. The molecule has 6 amide bonds. The summed E-state index contributed by atoms with van der Waals surface area (Å²) in [4.78, 5) is 76.0. The fourth-order valence-electron chi connectivity index (χ4n) is 4.19. The lowest BCUT2D eigenvalue weighted by Gasteiger charge is -2.24. The quantitative estimate of drug-likeness (QED) is 0.199. The van der Waals surface area contributed by atoms with Crippen LogP contribution in [0.3, 0.4) is 0 Å². The molecule has 3 N–H and O–H groups in total. The van der Waals surface area contributed by atoms with Gasteiger partial charge in [0.1, 0.15) is 18.7 Å². The van der Waals surface area contributed by atoms with Crippen molar-refractivity contribution in [3.63, 3.8) is 0 Å². The maximum absolute atomic E-state index is 12.9. The van der Waals surface area contributed by atoms with Crippen LogP contribution in [-0.2, 0) is 35.3 Å². The van der Waals surface area contributed by atoms with Gasteiger partial charge in [0.15, 0.2) is 0 Å². The second kappa shape index (κ2) is 16.9. The largest absolute Gasteiger partial charge is 0.445 e. The van der Waals surface area contributed by atoms with Gasteiger partial charge < -0.3 is 25.6 Å². The normalized spacial score (nSPS) is 14.0. The van der Waals surface area contributed by atoms with Gasteiger partial charge >= 0.3 is 6.09 Å². The Hall–Kier alpha value is -4.22. The second-order valence-corrected chi connectivity index (χ2v) is 10.4. The highest BCUT2D eigenvalue weighted by Crippen LogP contribution is 2.12. The van der Waals surface area contributed by atoms with Crippen molar-refractivity contribution in [2.45, 2.75) is 79.0 Å². The van der Waals surface area contributed by atoms with Crippen molar-refractivity contribution in [3.05, 3.63) is 42.0 Å². The minimum absolute atomic E-state index is 0.108. The van der Waals surface area contributed by atoms with Crippen LogP contribution >= 0.6 is 0 Å². The molecule has 0 aromatic heterocycles. The first-order valence-electron chi connectivity index (χ1n) is 14.4. The maximum Gasteiger partial charge on any atom is 0.410 e. The Morgan fingerprint density at radius 1 is 0.857 bits per heavy atom. The standard InChI is InChI=1S/C30H43N5O7/c1-6-34(7-2)30(41)42-19-22-12-14-23(15-13-22)32-28(39)21(5)31-29(40)27(20(3)4)33-24(36)11-9-8-10-18-35-25(37)16-17-26(35)38/h12-17,20-21,27H,6-11,18-19H2,1-5H3,(H,31,40)(H,32,39)(H,33,36)/t21-,27-/m0/s1. The smallest absolute Gasteiger partial charge is 0.410 e. The molecule has 0 bridgehead atoms. The third-order valence-corrected chi connectivity index (χ3v) is 6.81. The summed E-state index contributed by atoms with van der Waals surface area (Å²) >= 11 is 0. The molecular weight excluding hydrogens is 542 g/mol. The molecule has 12 nitrogen and oxygen atoms in total. The van der Waals surface area contributed by atoms with Gasteiger partial charge in [-0.15, -0.1) is 0 Å². The van der Waals surface area contributed by atoms with Crippen LogP contribution < -0.4 is 16.0 Å². The van der Waals surface area contributed by atoms with E-state index in [0.717, 1.165) is 5.56 Å². The van der Waals surface area contributed by atoms with Crippen LogP contribution in [0.25, 0.3) is 0 Å². The summed E-state index contributed by atoms with van der Waals surface area (Å²) < 4.78 is 5.30. The Bertz CT molecular complexity index is 1130. The lowest BCUT2D eigenvalue weighted by atomic mass is 10.0. The van der Waals surface area contributed by atoms with E-state index in [1.807, 2.05) is 13.8 Å². The molecule has 230 valence electrons. The Morgan fingerprint density at radius 3 is 2.05 bits per heavy atom. The van der Waals surface area contributed by atoms with Gasteiger partial charge in [-0.3, -0.25) is 28.9 Å². The minimum atomic E-state index is -0.865. The van der Waals surface area contributed by atoms with E-state index in [0.29, 0.717) is 44.6 Å². The molecular formula is C30H43N5O7. The zero-order valence-electron chi connectivity index (χ0n) is 25.1. The lowest BCUT2D eigenvalue weighted by molar-refractivity contribution is -0.137. The molecule has 0 spiro atoms. The molecule has 0 radical (unpaired) electrons. The topological polar surface area (TPSA) is 154 Å². The van der Waals surface area contributed by atoms with E-state index in [9.17, 15) is 28.8 Å². The number of carbonyl (C=O) groups excluding carboxylic acids is 6. The van der Waals surface area contributed by atoms with Crippen molar-refractivity contribution in [2.24, 2.45) is 5.92 Å². The molecule has 0 unspecified atom stereocenters. The molecule has 42 heavy (non-hydrogen) atoms. The fourth-order valence-corrected chi connectivity index (χ4v) is 4.19. The lowest BCUT2D eigenvalue weighted by Crippen LogP contribution is -2.53. The number of rotatable bonds is 16. The number of imide groups is 1. The van der Waals surface area contributed by atoms with Crippen molar-refractivity contribution in [1.29, 1.82) is 0 Å². The monoisotopic (exact) mass is 585 g/mol. The highest BCUT2D eigenvalue weighted by molar-refractivity contribution is 6.12. The van der Waals surface area contributed by atoms with E-state index in [1.54, 1.807) is 49.9 Å². The molecule has 1 aromatic rings. The highest BCUT2D eigenvalue weighted by atomic mass is 16.6. The van der Waals surface area contributed by atoms with Gasteiger partial charge in [-0.1, -0.05) is 32.4 Å². The van der Waals surface area contributed by atoms with Gasteiger partial charge in [-0.05, 0) is 57.2 Å². The van der Waals surface area contributed by atoms with Crippen LogP contribution in [0.5, 0.6) is 0 Å². The first-order chi connectivity index (χ1) is 20.0. The zero-order chi connectivity index (χ0) is 31.2. The van der Waals surface area contributed by atoms with E-state index in [2.05, 4.69) is 16.0 Å². The van der Waals surface area contributed by atoms with Gasteiger partial charge in [0, 0.05) is 43.9 Å². The third-order valence-electron chi connectivity index (χ3n) is 6.81. The number of hydrogen-bond donors (Lipinski definition) is 3. The van der Waals surface area contributed by atoms with E-state index in [-0.39, 0.29) is 42.8 Å². The molecule has 1 aromatic carbocycles. The number of carbonyl (C=O) groups is 6. The van der Waals surface area contributed by atoms with Gasteiger partial charge in [0.25, 0.3) is 11.8 Å². The summed E-state index contributed by atoms with van der Waals surface area (Å²) in [5.74, 6) is -2.05. The Kier molecular flexibility index (Phi) is 13.7. The number of nitrogens with one attached hydrogen (secondary N) is 3. The van der Waals surface area contributed by atoms with Crippen molar-refractivity contribution < 1.29 is 33.5 Å². The molecule has 12 heteroatoms. The summed E-state index contributed by atoms with van der Waals surface area (Å²) in [5, 5.41) is 8.16. The summed E-state index contributed by atoms with van der Waals surface area (Å²) in [6.45, 7) is 10.4. The number of hydrogen-bond acceptors (Lipinski definition) is 7. The molecule has 0 aliphatic carbocycles. The fraction of sp³-hybridized carbons (Fsp3) is 0.533. The van der Waals surface area contributed by atoms with Crippen LogP contribution in [0.4, 0.5) is 10.5 Å². The van der Waals surface area contributed by atoms with Crippen molar-refractivity contribution >= 4 is 41.3 Å². The van der Waals surface area contributed by atoms with Gasteiger partial charge in [0.2, 0.25) is 17.7 Å². The van der Waals surface area contributed by atoms with Crippen LogP contribution in [0, 0.1) is 5.92 Å². The molecule has 0 saturated heterocycles. The second-order valence-electron chi connectivity index (χ2n) is 10.4. The molecule has 1 aliphatic rings. The Morgan fingerprint density at radius 2 is 1.48 bits per heavy atom. The highest BCUT2D eigenvalue weighted by Gasteiger charge is 2.27. The van der Waals surface area contributed by atoms with Crippen LogP contribution in [-0.4, -0.2) is 77.1 Å². The van der Waals surface area contributed by atoms with Gasteiger partial charge in [-0.25, -0.2) is 4.79 Å². The SMILES string of the molecule is CCN(CC)C(=O)OCc1ccc(NC(=O)[C@H](C)NC(=O)[C@@H](NC(=O)CCCCCN2C(=O)C=CC2=O)C(C)C)cc1. The van der Waals surface area contributed by atoms with Crippen LogP contribution in [0.2, 0.25) is 0 Å². The van der Waals surface area contributed by atoms with Gasteiger partial charge in [-0.2, -0.15) is 0 Å². The van der Waals surface area contributed by atoms with Crippen molar-refractivity contribution in [1.82, 2.24) is 20.4 Å². The van der Waals surface area contributed by atoms with E-state index < -0.39 is 23.9 Å². The Labute approximate surface area is 247 Å². The predicted molar refractivity (Wildman–Crippen MR) is 157 cm³/mol. The van der Waals surface area contributed by atoms with E-state index >= 15 is 0 Å². The summed E-state index contributed by atoms with van der Waals surface area (Å²) in [6.07, 6.45) is 4.05. The molecule has 1 aliphatic heterocycles. The average molecular weight is 586 g/mol. The number of ether oxygens (including phenoxy) is 1. The third kappa shape index (κ3) is 10.6. The first kappa shape index (κ1) is 34.0. The van der Waals surface area contributed by atoms with E-state index in [1.165, 1.54) is 17.1 Å². The Balaban J connectivity index is 1.76. The van der Waals surface area contributed by atoms with Crippen LogP contribution in [0.1, 0.15) is 65.9 Å². The number of nitrogens with zero attached hydrogens (tertiary/aromatic N) is 2. The van der Waals surface area contributed by atoms with E-state index in [4.69, 9.17) is 4.74 Å². The van der Waals surface area contributed by atoms with Crippen molar-refractivity contribution in [2.75, 3.05) is 25.0 Å². The average Bonchev–Trinajstić information content (AvgIpc) is 3.27. The summed E-state index contributed by atoms with van der Waals surface area (Å²) in [7, 11) is 0. The number of unbranched alkanes of at least 4 members (excludes halogenated alkanes) is 2. The molecule has 1 heterocycles. The zero-order valence-corrected chi connectivity index (χ0v) is 25.1. The minimum Gasteiger partial charge on any atom is -0.445 e. The first-order valence-corrected chi connectivity index (χ1v) is 14.4. The molecule has 2 atom stereocenters. The maximum atomic E-state index is 12.9. The summed E-state index contributed by atoms with van der Waals surface area (Å²) in [5.41, 5.74) is 1.28.